The average molecular weight is 365 g/mol. The number of hydrogen-bond donors (Lipinski definition) is 2. The van der Waals surface area contributed by atoms with Crippen LogP contribution < -0.4 is 10.0 Å². The van der Waals surface area contributed by atoms with E-state index in [4.69, 9.17) is 0 Å². The third kappa shape index (κ3) is 3.62. The summed E-state index contributed by atoms with van der Waals surface area (Å²) in [4.78, 5) is 4.17. The number of sulfonamides is 1. The number of benzene rings is 1. The number of pyridine rings is 1. The molecule has 2 N–H and O–H groups in total. The van der Waals surface area contributed by atoms with Gasteiger partial charge in [-0.05, 0) is 51.8 Å². The van der Waals surface area contributed by atoms with Gasteiger partial charge in [-0.25, -0.2) is 17.5 Å². The van der Waals surface area contributed by atoms with Crippen LogP contribution in [-0.4, -0.2) is 30.2 Å². The number of anilines is 1. The van der Waals surface area contributed by atoms with E-state index in [-0.39, 0.29) is 5.82 Å². The smallest absolute Gasteiger partial charge is 0.219 e. The van der Waals surface area contributed by atoms with Gasteiger partial charge in [-0.3, -0.25) is 4.98 Å². The maximum Gasteiger partial charge on any atom is 0.219 e. The number of nitrogens with zero attached hydrogens (tertiary/aromatic N) is 1. The zero-order valence-electron chi connectivity index (χ0n) is 14.8. The van der Waals surface area contributed by atoms with Crippen molar-refractivity contribution in [3.8, 4) is 0 Å². The van der Waals surface area contributed by atoms with Gasteiger partial charge in [0.1, 0.15) is 10.6 Å². The first-order chi connectivity index (χ1) is 11.6. The lowest BCUT2D eigenvalue weighted by atomic mass is 9.84. The van der Waals surface area contributed by atoms with E-state index in [1.165, 1.54) is 12.1 Å². The Morgan fingerprint density at radius 3 is 2.56 bits per heavy atom. The number of rotatable bonds is 5. The Morgan fingerprint density at radius 2 is 1.96 bits per heavy atom. The number of hydrogen-bond acceptors (Lipinski definition) is 4. The molecule has 0 spiro atoms. The van der Waals surface area contributed by atoms with Crippen LogP contribution in [0.3, 0.4) is 0 Å². The average Bonchev–Trinajstić information content (AvgIpc) is 2.42. The SMILES string of the molecule is CC(C)(C)NS(=O)(=O)C1(CNc2ccnc3cc(F)ccc23)CCC1. The van der Waals surface area contributed by atoms with Gasteiger partial charge < -0.3 is 5.32 Å². The first-order valence-electron chi connectivity index (χ1n) is 8.44. The highest BCUT2D eigenvalue weighted by Crippen LogP contribution is 2.40. The molecule has 0 radical (unpaired) electrons. The Labute approximate surface area is 148 Å². The van der Waals surface area contributed by atoms with Crippen LogP contribution in [-0.2, 0) is 10.0 Å². The predicted molar refractivity (Wildman–Crippen MR) is 98.6 cm³/mol. The molecule has 5 nitrogen and oxygen atoms in total. The molecule has 136 valence electrons. The zero-order chi connectivity index (χ0) is 18.3. The molecule has 2 aromatic rings. The third-order valence-electron chi connectivity index (χ3n) is 4.58. The summed E-state index contributed by atoms with van der Waals surface area (Å²) in [6, 6.07) is 6.20. The van der Waals surface area contributed by atoms with E-state index in [9.17, 15) is 12.8 Å². The summed E-state index contributed by atoms with van der Waals surface area (Å²) < 4.78 is 41.1. The first-order valence-corrected chi connectivity index (χ1v) is 9.92. The molecule has 1 aliphatic rings. The molecule has 1 aliphatic carbocycles. The molecule has 0 unspecified atom stereocenters. The van der Waals surface area contributed by atoms with E-state index in [1.54, 1.807) is 18.3 Å². The van der Waals surface area contributed by atoms with Crippen molar-refractivity contribution in [1.82, 2.24) is 9.71 Å². The Hall–Kier alpha value is -1.73. The maximum absolute atomic E-state index is 13.4. The van der Waals surface area contributed by atoms with Crippen LogP contribution in [0.1, 0.15) is 40.0 Å². The number of nitrogens with one attached hydrogen (secondary N) is 2. The van der Waals surface area contributed by atoms with Crippen LogP contribution in [0.2, 0.25) is 0 Å². The van der Waals surface area contributed by atoms with E-state index in [2.05, 4.69) is 15.0 Å². The molecule has 7 heteroatoms. The quantitative estimate of drug-likeness (QED) is 0.852. The monoisotopic (exact) mass is 365 g/mol. The van der Waals surface area contributed by atoms with Gasteiger partial charge in [-0.15, -0.1) is 0 Å². The van der Waals surface area contributed by atoms with Crippen LogP contribution in [0.4, 0.5) is 10.1 Å². The molecule has 1 aromatic carbocycles. The zero-order valence-corrected chi connectivity index (χ0v) is 15.6. The number of aromatic nitrogens is 1. The second-order valence-electron chi connectivity index (χ2n) is 7.77. The second-order valence-corrected chi connectivity index (χ2v) is 9.84. The van der Waals surface area contributed by atoms with Gasteiger partial charge in [0, 0.05) is 35.4 Å². The summed E-state index contributed by atoms with van der Waals surface area (Å²) in [6.45, 7) is 5.84. The summed E-state index contributed by atoms with van der Waals surface area (Å²) in [7, 11) is -3.46. The van der Waals surface area contributed by atoms with Crippen molar-refractivity contribution >= 4 is 26.6 Å². The molecule has 1 aromatic heterocycles. The fraction of sp³-hybridized carbons (Fsp3) is 0.500. The fourth-order valence-electron chi connectivity index (χ4n) is 3.15. The predicted octanol–water partition coefficient (Wildman–Crippen LogP) is 3.43. The first kappa shape index (κ1) is 18.1. The van der Waals surface area contributed by atoms with Gasteiger partial charge in [0.25, 0.3) is 0 Å². The second kappa shape index (κ2) is 6.21. The van der Waals surface area contributed by atoms with Crippen LogP contribution in [0.25, 0.3) is 10.9 Å². The molecular formula is C18H24FN3O2S. The maximum atomic E-state index is 13.4. The Kier molecular flexibility index (Phi) is 4.49. The van der Waals surface area contributed by atoms with Crippen molar-refractivity contribution < 1.29 is 12.8 Å². The lowest BCUT2D eigenvalue weighted by Crippen LogP contribution is -2.58. The third-order valence-corrected chi connectivity index (χ3v) is 7.15. The summed E-state index contributed by atoms with van der Waals surface area (Å²) in [6.07, 6.45) is 3.75. The van der Waals surface area contributed by atoms with Gasteiger partial charge in [0.15, 0.2) is 0 Å². The Balaban J connectivity index is 1.85. The molecule has 0 bridgehead atoms. The molecule has 0 aliphatic heterocycles. The van der Waals surface area contributed by atoms with E-state index in [0.717, 1.165) is 17.5 Å². The summed E-state index contributed by atoms with van der Waals surface area (Å²) >= 11 is 0. The standard InChI is InChI=1S/C18H24FN3O2S/c1-17(2,3)22-25(23,24)18(8-4-9-18)12-21-15-7-10-20-16-11-13(19)5-6-14(15)16/h5-7,10-11,22H,4,8-9,12H2,1-3H3,(H,20,21). The minimum atomic E-state index is -3.46. The largest absolute Gasteiger partial charge is 0.383 e. The van der Waals surface area contributed by atoms with Crippen molar-refractivity contribution in [3.05, 3.63) is 36.3 Å². The number of fused-ring (bicyclic) bond motifs is 1. The van der Waals surface area contributed by atoms with Gasteiger partial charge in [-0.1, -0.05) is 6.42 Å². The molecule has 1 saturated carbocycles. The molecule has 1 fully saturated rings. The Morgan fingerprint density at radius 1 is 1.24 bits per heavy atom. The normalized spacial score (nSPS) is 17.3. The van der Waals surface area contributed by atoms with Crippen LogP contribution in [0.5, 0.6) is 0 Å². The van der Waals surface area contributed by atoms with E-state index in [1.807, 2.05) is 20.8 Å². The van der Waals surface area contributed by atoms with Gasteiger partial charge in [-0.2, -0.15) is 0 Å². The van der Waals surface area contributed by atoms with Crippen molar-refractivity contribution in [2.45, 2.75) is 50.3 Å². The molecular weight excluding hydrogens is 341 g/mol. The molecule has 0 atom stereocenters. The number of halogens is 1. The van der Waals surface area contributed by atoms with Gasteiger partial charge in [0.2, 0.25) is 10.0 Å². The van der Waals surface area contributed by atoms with E-state index >= 15 is 0 Å². The lowest BCUT2D eigenvalue weighted by molar-refractivity contribution is 0.339. The van der Waals surface area contributed by atoms with Crippen LogP contribution in [0.15, 0.2) is 30.5 Å². The summed E-state index contributed by atoms with van der Waals surface area (Å²) in [5.41, 5.74) is 0.799. The minimum absolute atomic E-state index is 0.314. The highest BCUT2D eigenvalue weighted by molar-refractivity contribution is 7.91. The summed E-state index contributed by atoms with van der Waals surface area (Å²) in [5, 5.41) is 4.04. The molecule has 0 amide bonds. The highest BCUT2D eigenvalue weighted by atomic mass is 32.2. The lowest BCUT2D eigenvalue weighted by Gasteiger charge is -2.42. The molecule has 25 heavy (non-hydrogen) atoms. The van der Waals surface area contributed by atoms with Crippen molar-refractivity contribution in [1.29, 1.82) is 0 Å². The highest BCUT2D eigenvalue weighted by Gasteiger charge is 2.49. The topological polar surface area (TPSA) is 71.1 Å². The molecule has 3 rings (SSSR count). The Bertz CT molecular complexity index is 887. The molecule has 1 heterocycles. The van der Waals surface area contributed by atoms with Crippen molar-refractivity contribution in [2.24, 2.45) is 0 Å². The van der Waals surface area contributed by atoms with E-state index < -0.39 is 20.3 Å². The molecule has 0 saturated heterocycles. The minimum Gasteiger partial charge on any atom is -0.383 e. The summed E-state index contributed by atoms with van der Waals surface area (Å²) in [5.74, 6) is -0.343. The van der Waals surface area contributed by atoms with Crippen molar-refractivity contribution in [3.63, 3.8) is 0 Å². The van der Waals surface area contributed by atoms with Gasteiger partial charge in [0.05, 0.1) is 5.52 Å². The van der Waals surface area contributed by atoms with Crippen LogP contribution >= 0.6 is 0 Å². The van der Waals surface area contributed by atoms with Gasteiger partial charge >= 0.3 is 0 Å². The van der Waals surface area contributed by atoms with Crippen molar-refractivity contribution in [2.75, 3.05) is 11.9 Å². The fourth-order valence-corrected chi connectivity index (χ4v) is 5.27. The van der Waals surface area contributed by atoms with E-state index in [0.29, 0.717) is 24.9 Å². The van der Waals surface area contributed by atoms with Crippen LogP contribution in [0, 0.1) is 5.82 Å².